The molecular weight excluding hydrogens is 1140 g/mol. The summed E-state index contributed by atoms with van der Waals surface area (Å²) in [6.45, 7) is 3.12. The van der Waals surface area contributed by atoms with Crippen molar-refractivity contribution < 1.29 is 83.1 Å². The predicted octanol–water partition coefficient (Wildman–Crippen LogP) is 5.29. The van der Waals surface area contributed by atoms with Crippen molar-refractivity contribution in [2.45, 2.75) is 22.5 Å². The van der Waals surface area contributed by atoms with Gasteiger partial charge in [0.1, 0.15) is 31.2 Å². The molecule has 8 aromatic rings. The fourth-order valence-electron chi connectivity index (χ4n) is 6.57. The molecule has 4 heterocycles. The molecule has 0 aliphatic carbocycles. The Hall–Kier alpha value is -8.65. The molecule has 0 bridgehead atoms. The second-order valence-electron chi connectivity index (χ2n) is 14.4. The monoisotopic (exact) mass is 1180 g/mol. The van der Waals surface area contributed by atoms with Crippen LogP contribution in [0.15, 0.2) is 118 Å². The van der Waals surface area contributed by atoms with Crippen molar-refractivity contribution in [1.29, 1.82) is 0 Å². The minimum absolute atomic E-state index is 0. The van der Waals surface area contributed by atoms with Gasteiger partial charge in [-0.2, -0.15) is 10.2 Å². The predicted molar refractivity (Wildman–Crippen MR) is 269 cm³/mol. The molecule has 0 saturated carbocycles. The van der Waals surface area contributed by atoms with Crippen LogP contribution in [-0.4, -0.2) is 115 Å². The van der Waals surface area contributed by atoms with Crippen LogP contribution >= 0.6 is 22.7 Å². The van der Waals surface area contributed by atoms with Crippen LogP contribution in [0.4, 0.5) is 21.6 Å². The van der Waals surface area contributed by atoms with Crippen LogP contribution in [0, 0.1) is 20.2 Å². The van der Waals surface area contributed by atoms with E-state index in [1.165, 1.54) is 57.9 Å². The maximum atomic E-state index is 13.2. The van der Waals surface area contributed by atoms with Gasteiger partial charge in [0.25, 0.3) is 23.2 Å². The largest absolute Gasteiger partial charge is 2.00 e. The number of benzene rings is 4. The Morgan fingerprint density at radius 3 is 1.23 bits per heavy atom. The van der Waals surface area contributed by atoms with Gasteiger partial charge in [0, 0.05) is 35.4 Å². The summed E-state index contributed by atoms with van der Waals surface area (Å²) in [5, 5.41) is 63.4. The number of esters is 2. The molecule has 0 aliphatic heterocycles. The van der Waals surface area contributed by atoms with Crippen LogP contribution in [0.3, 0.4) is 0 Å². The number of carbonyl (C=O) groups is 4. The summed E-state index contributed by atoms with van der Waals surface area (Å²) in [4.78, 5) is 74.2. The Balaban J connectivity index is 0.000000320. The number of nitrogens with one attached hydrogen (secondary N) is 4. The zero-order valence-electron chi connectivity index (χ0n) is 39.0. The first-order valence-electron chi connectivity index (χ1n) is 20.7. The molecule has 0 saturated heterocycles. The van der Waals surface area contributed by atoms with Gasteiger partial charge in [-0.1, -0.05) is 95.5 Å². The Bertz CT molecular complexity index is 3480. The third-order valence-electron chi connectivity index (χ3n) is 9.54. The number of rotatable bonds is 16. The minimum atomic E-state index is -4.40. The molecule has 0 fully saturated rings. The van der Waals surface area contributed by atoms with Crippen LogP contribution in [0.1, 0.15) is 55.5 Å². The minimum Gasteiger partial charge on any atom is -0.558 e. The van der Waals surface area contributed by atoms with Crippen molar-refractivity contribution in [2.24, 2.45) is 0 Å². The third-order valence-corrected chi connectivity index (χ3v) is 13.7. The maximum absolute atomic E-state index is 13.2. The second kappa shape index (κ2) is 25.7. The molecule has 77 heavy (non-hydrogen) atoms. The van der Waals surface area contributed by atoms with Gasteiger partial charge in [-0.25, -0.2) is 35.8 Å². The van der Waals surface area contributed by atoms with Crippen molar-refractivity contribution in [3.63, 3.8) is 0 Å². The molecule has 0 unspecified atom stereocenters. The summed E-state index contributed by atoms with van der Waals surface area (Å²) in [6, 6.07) is 27.8. The number of hydrogen-bond acceptors (Lipinski definition) is 22. The van der Waals surface area contributed by atoms with Crippen LogP contribution in [0.25, 0.3) is 44.2 Å². The van der Waals surface area contributed by atoms with Crippen LogP contribution < -0.4 is 10.6 Å². The summed E-state index contributed by atoms with van der Waals surface area (Å²) in [5.74, 6) is -3.66. The number of ether oxygens (including phenoxy) is 2. The first-order valence-corrected chi connectivity index (χ1v) is 25.3. The van der Waals surface area contributed by atoms with Crippen molar-refractivity contribution in [2.75, 3.05) is 23.8 Å². The van der Waals surface area contributed by atoms with Crippen LogP contribution in [-0.2, 0) is 46.3 Å². The molecule has 30 nitrogen and oxygen atoms in total. The average molecular weight is 1180 g/mol. The van der Waals surface area contributed by atoms with Crippen molar-refractivity contribution >= 4 is 88.1 Å². The fraction of sp³-hybridized carbons (Fsp3) is 0.0952. The number of nitro benzene ring substituents is 2. The molecule has 2 amide bonds. The van der Waals surface area contributed by atoms with Crippen molar-refractivity contribution in [3.05, 3.63) is 162 Å². The van der Waals surface area contributed by atoms with E-state index in [0.29, 0.717) is 33.8 Å². The molecule has 0 atom stereocenters. The van der Waals surface area contributed by atoms with Gasteiger partial charge >= 0.3 is 28.7 Å². The number of aromatic nitrogens is 8. The Labute approximate surface area is 451 Å². The molecule has 0 spiro atoms. The van der Waals surface area contributed by atoms with Gasteiger partial charge in [-0.3, -0.25) is 40.5 Å². The summed E-state index contributed by atoms with van der Waals surface area (Å²) >= 11 is 0.882. The van der Waals surface area contributed by atoms with Crippen molar-refractivity contribution in [1.82, 2.24) is 40.0 Å². The molecule has 8 rings (SSSR count). The molecule has 403 valence electrons. The Kier molecular flexibility index (Phi) is 20.3. The average Bonchev–Trinajstić information content (AvgIpc) is 4.20. The quantitative estimate of drug-likeness (QED) is 0.0537. The van der Waals surface area contributed by atoms with Gasteiger partial charge in [0.05, 0.1) is 45.8 Å². The van der Waals surface area contributed by atoms with Gasteiger partial charge in [0.15, 0.2) is 11.4 Å². The van der Waals surface area contributed by atoms with E-state index in [-0.39, 0.29) is 96.5 Å². The Morgan fingerprint density at radius 2 is 0.935 bits per heavy atom. The van der Waals surface area contributed by atoms with E-state index in [1.807, 2.05) is 0 Å². The van der Waals surface area contributed by atoms with Crippen molar-refractivity contribution in [3.8, 4) is 33.9 Å². The number of carbonyl (C=O) groups excluding carboxylic acids is 4. The van der Waals surface area contributed by atoms with E-state index in [9.17, 15) is 56.2 Å². The summed E-state index contributed by atoms with van der Waals surface area (Å²) in [5.41, 5.74) is -0.180. The number of hydrogen-bond donors (Lipinski definition) is 2. The first-order chi connectivity index (χ1) is 35.2. The first kappa shape index (κ1) is 60.9. The van der Waals surface area contributed by atoms with E-state index in [2.05, 4.69) is 41.2 Å². The number of amides is 2. The zero-order valence-corrected chi connectivity index (χ0v) is 43.3. The van der Waals surface area contributed by atoms with Gasteiger partial charge < -0.3 is 30.7 Å². The van der Waals surface area contributed by atoms with Gasteiger partial charge in [-0.15, -0.1) is 20.4 Å². The number of non-ortho nitro benzene ring substituents is 2. The molecular formula is C42H36CoN14O16S4. The standard InChI is InChI=1S/2C21H17N7O7S2.Co.2H2O/c2*1-2-35-19(30)15-16(18(29)23-20-24-25-21(36-20)37(22,33)34)26-27(17(15)12-7-4-3-5-8-12)13-9-6-10-14(11-13)28(31)32;;;/h2*3-11H,2H2,1H3,(H3,22,23,24,29,33,34);;2*1H2/q;;+2;;/p-2. The van der Waals surface area contributed by atoms with Gasteiger partial charge in [0.2, 0.25) is 18.9 Å². The second-order valence-corrected chi connectivity index (χ2v) is 19.6. The number of sulfonamides is 2. The van der Waals surface area contributed by atoms with E-state index >= 15 is 0 Å². The number of nitrogens with zero attached hydrogens (tertiary/aromatic N) is 10. The summed E-state index contributed by atoms with van der Waals surface area (Å²) in [7, 11) is -8.80. The maximum Gasteiger partial charge on any atom is 2.00 e. The smallest absolute Gasteiger partial charge is 0.558 e. The molecule has 0 aliphatic rings. The fourth-order valence-corrected chi connectivity index (χ4v) is 9.17. The normalized spacial score (nSPS) is 10.8. The Morgan fingerprint density at radius 1 is 0.584 bits per heavy atom. The summed E-state index contributed by atoms with van der Waals surface area (Å²) < 4.78 is 57.1. The molecule has 1 radical (unpaired) electrons. The molecule has 35 heteroatoms. The molecule has 4 aromatic heterocycles. The summed E-state index contributed by atoms with van der Waals surface area (Å²) in [6.07, 6.45) is 0. The van der Waals surface area contributed by atoms with Crippen LogP contribution in [0.5, 0.6) is 0 Å². The van der Waals surface area contributed by atoms with E-state index < -0.39 is 73.7 Å². The zero-order chi connectivity index (χ0) is 53.5. The topological polar surface area (TPSA) is 463 Å². The van der Waals surface area contributed by atoms with E-state index in [0.717, 1.165) is 0 Å². The molecule has 4 aromatic carbocycles. The SMILES string of the molecule is CCOC(=O)c1c(C(=O)Nc2nnc(S([NH-])(=O)=O)s2)nn(-c2cccc([N+](=O)[O-])c2)c1-c1ccccc1.CCOC(=O)c1c(C(=O)Nc2nnc(S([NH-])(=O)=O)s2)nn(-c2cccc([N+](=O)[O-])c2)c1-c1ccccc1.O.O.[Co+2]. The van der Waals surface area contributed by atoms with Crippen LogP contribution in [0.2, 0.25) is 0 Å². The number of anilines is 2. The van der Waals surface area contributed by atoms with E-state index in [4.69, 9.17) is 19.8 Å². The van der Waals surface area contributed by atoms with E-state index in [1.54, 1.807) is 74.5 Å². The molecule has 8 N–H and O–H groups in total. The van der Waals surface area contributed by atoms with Gasteiger partial charge in [-0.05, 0) is 26.0 Å². The third kappa shape index (κ3) is 14.0. The number of nitro groups is 2.